The molecular formula is C12H14N6S. The highest BCUT2D eigenvalue weighted by atomic mass is 32.1. The average molecular weight is 274 g/mol. The molecule has 3 N–H and O–H groups in total. The maximum absolute atomic E-state index is 5.75. The second-order valence-corrected chi connectivity index (χ2v) is 4.49. The zero-order chi connectivity index (χ0) is 13.8. The van der Waals surface area contributed by atoms with Crippen molar-refractivity contribution in [3.63, 3.8) is 0 Å². The molecule has 6 nitrogen and oxygen atoms in total. The van der Waals surface area contributed by atoms with E-state index in [9.17, 15) is 0 Å². The van der Waals surface area contributed by atoms with Crippen LogP contribution in [0.2, 0.25) is 0 Å². The summed E-state index contributed by atoms with van der Waals surface area (Å²) >= 11 is 5.07. The number of rotatable bonds is 4. The van der Waals surface area contributed by atoms with E-state index in [0.717, 1.165) is 22.5 Å². The molecule has 0 aliphatic rings. The summed E-state index contributed by atoms with van der Waals surface area (Å²) in [6.45, 7) is 4.31. The van der Waals surface area contributed by atoms with Gasteiger partial charge in [0.1, 0.15) is 11.3 Å². The lowest BCUT2D eigenvalue weighted by molar-refractivity contribution is 0.929. The second-order valence-electron chi connectivity index (χ2n) is 4.05. The number of nitrogens with two attached hydrogens (primary N) is 1. The molecule has 2 heterocycles. The number of anilines is 1. The van der Waals surface area contributed by atoms with Crippen molar-refractivity contribution in [3.8, 4) is 0 Å². The minimum absolute atomic E-state index is 0.306. The van der Waals surface area contributed by atoms with Crippen molar-refractivity contribution in [1.29, 1.82) is 0 Å². The Morgan fingerprint density at radius 1 is 1.37 bits per heavy atom. The molecule has 0 bridgehead atoms. The van der Waals surface area contributed by atoms with Crippen LogP contribution >= 0.6 is 12.2 Å². The van der Waals surface area contributed by atoms with Gasteiger partial charge in [0.2, 0.25) is 0 Å². The van der Waals surface area contributed by atoms with E-state index in [1.54, 1.807) is 6.20 Å². The maximum atomic E-state index is 5.75. The van der Waals surface area contributed by atoms with Crippen LogP contribution in [0.25, 0.3) is 0 Å². The number of hydrogen-bond donors (Lipinski definition) is 2. The van der Waals surface area contributed by atoms with Gasteiger partial charge in [-0.3, -0.25) is 0 Å². The monoisotopic (exact) mass is 274 g/mol. The molecule has 0 amide bonds. The van der Waals surface area contributed by atoms with Crippen LogP contribution in [0.4, 0.5) is 5.82 Å². The number of nitrogens with one attached hydrogen (secondary N) is 1. The lowest BCUT2D eigenvalue weighted by Crippen LogP contribution is -2.18. The molecule has 0 saturated heterocycles. The highest BCUT2D eigenvalue weighted by molar-refractivity contribution is 7.80. The average Bonchev–Trinajstić information content (AvgIpc) is 2.41. The summed E-state index contributed by atoms with van der Waals surface area (Å²) in [7, 11) is 0. The number of nitrogens with zero attached hydrogens (tertiary/aromatic N) is 4. The van der Waals surface area contributed by atoms with Gasteiger partial charge in [0, 0.05) is 6.20 Å². The molecule has 0 spiro atoms. The van der Waals surface area contributed by atoms with E-state index in [1.807, 2.05) is 19.9 Å². The van der Waals surface area contributed by atoms with E-state index in [4.69, 9.17) is 18.0 Å². The van der Waals surface area contributed by atoms with Gasteiger partial charge in [-0.2, -0.15) is 5.10 Å². The van der Waals surface area contributed by atoms with Crippen molar-refractivity contribution in [2.75, 3.05) is 5.32 Å². The van der Waals surface area contributed by atoms with Crippen molar-refractivity contribution in [3.05, 3.63) is 41.1 Å². The maximum Gasteiger partial charge on any atom is 0.159 e. The predicted octanol–water partition coefficient (Wildman–Crippen LogP) is 1.13. The Labute approximate surface area is 116 Å². The zero-order valence-electron chi connectivity index (χ0n) is 10.7. The Morgan fingerprint density at radius 3 is 2.79 bits per heavy atom. The van der Waals surface area contributed by atoms with Gasteiger partial charge in [-0.1, -0.05) is 12.2 Å². The van der Waals surface area contributed by atoms with Crippen LogP contribution in [0.1, 0.15) is 22.5 Å². The molecule has 98 valence electrons. The summed E-state index contributed by atoms with van der Waals surface area (Å²) in [5.41, 5.74) is 9.09. The Morgan fingerprint density at radius 2 is 2.16 bits per heavy atom. The summed E-state index contributed by atoms with van der Waals surface area (Å²) in [6, 6.07) is 1.82. The van der Waals surface area contributed by atoms with Gasteiger partial charge in [0.25, 0.3) is 0 Å². The molecule has 0 unspecified atom stereocenters. The van der Waals surface area contributed by atoms with Gasteiger partial charge in [-0.15, -0.1) is 5.10 Å². The number of aromatic nitrogens is 4. The first-order valence-corrected chi connectivity index (χ1v) is 6.13. The Bertz CT molecular complexity index is 599. The van der Waals surface area contributed by atoms with Gasteiger partial charge in [-0.25, -0.2) is 9.97 Å². The van der Waals surface area contributed by atoms with Gasteiger partial charge in [0.15, 0.2) is 5.82 Å². The molecule has 2 rings (SSSR count). The normalized spacial score (nSPS) is 10.2. The minimum Gasteiger partial charge on any atom is -0.389 e. The summed E-state index contributed by atoms with van der Waals surface area (Å²) in [5.74, 6) is 0.578. The quantitative estimate of drug-likeness (QED) is 0.808. The first-order valence-electron chi connectivity index (χ1n) is 5.72. The van der Waals surface area contributed by atoms with Crippen LogP contribution < -0.4 is 11.1 Å². The summed E-state index contributed by atoms with van der Waals surface area (Å²) < 4.78 is 0. The fraction of sp³-hybridized carbons (Fsp3) is 0.250. The first-order chi connectivity index (χ1) is 9.09. The number of thiocarbonyl (C=S) groups is 1. The smallest absolute Gasteiger partial charge is 0.159 e. The summed E-state index contributed by atoms with van der Waals surface area (Å²) in [6.07, 6.45) is 3.18. The Hall–Kier alpha value is -2.15. The van der Waals surface area contributed by atoms with E-state index in [-0.39, 0.29) is 0 Å². The third-order valence-corrected chi connectivity index (χ3v) is 2.99. The van der Waals surface area contributed by atoms with Gasteiger partial charge < -0.3 is 11.1 Å². The molecule has 7 heteroatoms. The van der Waals surface area contributed by atoms with Crippen molar-refractivity contribution in [1.82, 2.24) is 20.2 Å². The van der Waals surface area contributed by atoms with Crippen molar-refractivity contribution < 1.29 is 0 Å². The molecular weight excluding hydrogens is 260 g/mol. The largest absolute Gasteiger partial charge is 0.389 e. The molecule has 0 aliphatic heterocycles. The molecule has 0 saturated carbocycles. The van der Waals surface area contributed by atoms with E-state index in [1.165, 1.54) is 6.33 Å². The van der Waals surface area contributed by atoms with Crippen LogP contribution in [0, 0.1) is 13.8 Å². The molecule has 19 heavy (non-hydrogen) atoms. The molecule has 0 radical (unpaired) electrons. The number of hydrogen-bond acceptors (Lipinski definition) is 6. The number of aryl methyl sites for hydroxylation is 1. The van der Waals surface area contributed by atoms with E-state index in [2.05, 4.69) is 25.5 Å². The van der Waals surface area contributed by atoms with Gasteiger partial charge in [-0.05, 0) is 25.5 Å². The van der Waals surface area contributed by atoms with Crippen LogP contribution in [-0.2, 0) is 6.54 Å². The van der Waals surface area contributed by atoms with E-state index < -0.39 is 0 Å². The van der Waals surface area contributed by atoms with Crippen LogP contribution in [0.5, 0.6) is 0 Å². The molecule has 0 atom stereocenters. The van der Waals surface area contributed by atoms with Gasteiger partial charge >= 0.3 is 0 Å². The first kappa shape index (κ1) is 13.3. The molecule has 0 fully saturated rings. The molecule has 0 aromatic carbocycles. The fourth-order valence-corrected chi connectivity index (χ4v) is 1.88. The lowest BCUT2D eigenvalue weighted by Gasteiger charge is -2.12. The molecule has 0 aliphatic carbocycles. The third-order valence-electron chi connectivity index (χ3n) is 2.78. The fourth-order valence-electron chi connectivity index (χ4n) is 1.63. The summed E-state index contributed by atoms with van der Waals surface area (Å²) in [4.78, 5) is 8.29. The topological polar surface area (TPSA) is 89.6 Å². The molecule has 2 aromatic heterocycles. The van der Waals surface area contributed by atoms with Crippen molar-refractivity contribution >= 4 is 23.0 Å². The lowest BCUT2D eigenvalue weighted by atomic mass is 10.1. The van der Waals surface area contributed by atoms with E-state index in [0.29, 0.717) is 17.4 Å². The molecule has 2 aromatic rings. The van der Waals surface area contributed by atoms with Gasteiger partial charge in [0.05, 0.1) is 23.5 Å². The van der Waals surface area contributed by atoms with Crippen LogP contribution in [0.3, 0.4) is 0 Å². The predicted molar refractivity (Wildman–Crippen MR) is 76.8 cm³/mol. The highest BCUT2D eigenvalue weighted by Gasteiger charge is 2.13. The van der Waals surface area contributed by atoms with Crippen LogP contribution in [-0.4, -0.2) is 25.2 Å². The summed E-state index contributed by atoms with van der Waals surface area (Å²) in [5, 5.41) is 11.3. The second kappa shape index (κ2) is 5.66. The van der Waals surface area contributed by atoms with Crippen molar-refractivity contribution in [2.24, 2.45) is 5.73 Å². The van der Waals surface area contributed by atoms with Crippen LogP contribution in [0.15, 0.2) is 18.6 Å². The van der Waals surface area contributed by atoms with E-state index >= 15 is 0 Å². The SMILES string of the molecule is Cc1nnc(NCc2ccncn2)c(C(N)=S)c1C. The zero-order valence-corrected chi connectivity index (χ0v) is 11.5. The van der Waals surface area contributed by atoms with Crippen molar-refractivity contribution in [2.45, 2.75) is 20.4 Å². The Kier molecular flexibility index (Phi) is 3.96. The Balaban J connectivity index is 2.26. The standard InChI is InChI=1S/C12H14N6S/c1-7-8(2)17-18-12(10(7)11(13)19)15-5-9-3-4-14-6-16-9/h3-4,6H,5H2,1-2H3,(H2,13,19)(H,15,18). The highest BCUT2D eigenvalue weighted by Crippen LogP contribution is 2.18. The minimum atomic E-state index is 0.306. The third kappa shape index (κ3) is 3.00.